The largest absolute Gasteiger partial charge is 0.508 e. The lowest BCUT2D eigenvalue weighted by Gasteiger charge is -2.36. The number of phenolic OH excluding ortho intramolecular Hbond substituents is 1. The summed E-state index contributed by atoms with van der Waals surface area (Å²) in [4.78, 5) is 0. The van der Waals surface area contributed by atoms with E-state index in [1.165, 1.54) is 6.42 Å². The summed E-state index contributed by atoms with van der Waals surface area (Å²) in [5, 5.41) is 24.1. The SMILES string of the molecule is CCC1CCC(O)(CNC(C)c2ccc(C)cc2O)CC1. The highest BCUT2D eigenvalue weighted by Crippen LogP contribution is 2.34. The number of hydrogen-bond acceptors (Lipinski definition) is 3. The molecule has 1 aromatic carbocycles. The van der Waals surface area contributed by atoms with Gasteiger partial charge in [0.05, 0.1) is 5.60 Å². The highest BCUT2D eigenvalue weighted by atomic mass is 16.3. The highest BCUT2D eigenvalue weighted by molar-refractivity contribution is 5.37. The second-order valence-corrected chi connectivity index (χ2v) is 6.74. The predicted octanol–water partition coefficient (Wildman–Crippen LogP) is 3.68. The summed E-state index contributed by atoms with van der Waals surface area (Å²) < 4.78 is 0. The molecule has 0 amide bonds. The third-order valence-electron chi connectivity index (χ3n) is 5.00. The fourth-order valence-electron chi connectivity index (χ4n) is 3.27. The van der Waals surface area contributed by atoms with Crippen molar-refractivity contribution in [2.45, 2.75) is 64.5 Å². The number of aromatic hydroxyl groups is 1. The molecule has 0 bridgehead atoms. The van der Waals surface area contributed by atoms with E-state index in [9.17, 15) is 10.2 Å². The van der Waals surface area contributed by atoms with Crippen LogP contribution in [0.4, 0.5) is 0 Å². The van der Waals surface area contributed by atoms with Gasteiger partial charge in [0.25, 0.3) is 0 Å². The van der Waals surface area contributed by atoms with Crippen LogP contribution in [-0.2, 0) is 0 Å². The molecular weight excluding hydrogens is 262 g/mol. The van der Waals surface area contributed by atoms with Gasteiger partial charge in [0.15, 0.2) is 0 Å². The van der Waals surface area contributed by atoms with Crippen LogP contribution >= 0.6 is 0 Å². The first kappa shape index (κ1) is 16.3. The zero-order valence-electron chi connectivity index (χ0n) is 13.5. The minimum absolute atomic E-state index is 0.0403. The second-order valence-electron chi connectivity index (χ2n) is 6.74. The standard InChI is InChI=1S/C18H29NO2/c1-4-15-7-9-18(21,10-8-15)12-19-14(3)16-6-5-13(2)11-17(16)20/h5-6,11,14-15,19-21H,4,7-10,12H2,1-3H3. The molecule has 0 aliphatic heterocycles. The van der Waals surface area contributed by atoms with Gasteiger partial charge in [0, 0.05) is 18.2 Å². The summed E-state index contributed by atoms with van der Waals surface area (Å²) in [6, 6.07) is 5.79. The Balaban J connectivity index is 1.90. The Morgan fingerprint density at radius 2 is 2.00 bits per heavy atom. The van der Waals surface area contributed by atoms with Crippen LogP contribution in [0.1, 0.15) is 63.1 Å². The first-order valence-electron chi connectivity index (χ1n) is 8.19. The van der Waals surface area contributed by atoms with Crippen molar-refractivity contribution in [1.82, 2.24) is 5.32 Å². The van der Waals surface area contributed by atoms with Crippen molar-refractivity contribution in [3.8, 4) is 5.75 Å². The summed E-state index contributed by atoms with van der Waals surface area (Å²) >= 11 is 0. The Hall–Kier alpha value is -1.06. The zero-order valence-corrected chi connectivity index (χ0v) is 13.5. The van der Waals surface area contributed by atoms with E-state index in [1.54, 1.807) is 6.07 Å². The Labute approximate surface area is 128 Å². The van der Waals surface area contributed by atoms with E-state index in [-0.39, 0.29) is 6.04 Å². The van der Waals surface area contributed by atoms with Crippen molar-refractivity contribution in [3.05, 3.63) is 29.3 Å². The molecule has 1 saturated carbocycles. The van der Waals surface area contributed by atoms with Gasteiger partial charge in [0.2, 0.25) is 0 Å². The van der Waals surface area contributed by atoms with Crippen molar-refractivity contribution in [1.29, 1.82) is 0 Å². The maximum absolute atomic E-state index is 10.7. The van der Waals surface area contributed by atoms with Crippen molar-refractivity contribution in [3.63, 3.8) is 0 Å². The third-order valence-corrected chi connectivity index (χ3v) is 5.00. The lowest BCUT2D eigenvalue weighted by atomic mass is 9.77. The number of phenols is 1. The number of nitrogens with one attached hydrogen (secondary N) is 1. The van der Waals surface area contributed by atoms with E-state index in [4.69, 9.17) is 0 Å². The van der Waals surface area contributed by atoms with Gasteiger partial charge in [-0.25, -0.2) is 0 Å². The second kappa shape index (κ2) is 6.80. The molecule has 3 heteroatoms. The fraction of sp³-hybridized carbons (Fsp3) is 0.667. The molecule has 3 nitrogen and oxygen atoms in total. The van der Waals surface area contributed by atoms with Crippen molar-refractivity contribution < 1.29 is 10.2 Å². The molecule has 1 unspecified atom stereocenters. The maximum Gasteiger partial charge on any atom is 0.120 e. The molecule has 1 aliphatic carbocycles. The van der Waals surface area contributed by atoms with E-state index >= 15 is 0 Å². The number of rotatable bonds is 5. The van der Waals surface area contributed by atoms with Crippen LogP contribution in [0.15, 0.2) is 18.2 Å². The molecule has 1 fully saturated rings. The third kappa shape index (κ3) is 4.21. The predicted molar refractivity (Wildman–Crippen MR) is 86.5 cm³/mol. The Kier molecular flexibility index (Phi) is 5.28. The normalized spacial score (nSPS) is 27.5. The maximum atomic E-state index is 10.7. The summed E-state index contributed by atoms with van der Waals surface area (Å²) in [5.41, 5.74) is 1.37. The molecule has 1 atom stereocenters. The quantitative estimate of drug-likeness (QED) is 0.775. The van der Waals surface area contributed by atoms with Gasteiger partial charge in [-0.05, 0) is 57.1 Å². The van der Waals surface area contributed by atoms with Crippen LogP contribution in [0.25, 0.3) is 0 Å². The topological polar surface area (TPSA) is 52.5 Å². The summed E-state index contributed by atoms with van der Waals surface area (Å²) in [7, 11) is 0. The van der Waals surface area contributed by atoms with Gasteiger partial charge in [-0.2, -0.15) is 0 Å². The van der Waals surface area contributed by atoms with E-state index in [0.29, 0.717) is 12.3 Å². The van der Waals surface area contributed by atoms with Gasteiger partial charge >= 0.3 is 0 Å². The molecule has 2 rings (SSSR count). The van der Waals surface area contributed by atoms with E-state index in [2.05, 4.69) is 12.2 Å². The summed E-state index contributed by atoms with van der Waals surface area (Å²) in [6.45, 7) is 6.83. The van der Waals surface area contributed by atoms with Crippen LogP contribution in [0.2, 0.25) is 0 Å². The highest BCUT2D eigenvalue weighted by Gasteiger charge is 2.32. The average molecular weight is 291 g/mol. The Bertz CT molecular complexity index is 464. The van der Waals surface area contributed by atoms with Gasteiger partial charge in [-0.3, -0.25) is 0 Å². The molecule has 0 radical (unpaired) electrons. The lowest BCUT2D eigenvalue weighted by Crippen LogP contribution is -2.44. The minimum atomic E-state index is -0.583. The van der Waals surface area contributed by atoms with Crippen LogP contribution in [-0.4, -0.2) is 22.4 Å². The van der Waals surface area contributed by atoms with Crippen molar-refractivity contribution in [2.75, 3.05) is 6.54 Å². The molecule has 1 aliphatic rings. The molecule has 1 aromatic rings. The van der Waals surface area contributed by atoms with Crippen LogP contribution < -0.4 is 5.32 Å². The van der Waals surface area contributed by atoms with Gasteiger partial charge in [-0.1, -0.05) is 25.5 Å². The molecule has 0 saturated heterocycles. The monoisotopic (exact) mass is 291 g/mol. The van der Waals surface area contributed by atoms with Crippen molar-refractivity contribution in [2.24, 2.45) is 5.92 Å². The molecule has 0 spiro atoms. The molecule has 21 heavy (non-hydrogen) atoms. The van der Waals surface area contributed by atoms with E-state index in [1.807, 2.05) is 26.0 Å². The lowest BCUT2D eigenvalue weighted by molar-refractivity contribution is -0.0104. The molecular formula is C18H29NO2. The molecule has 0 aromatic heterocycles. The van der Waals surface area contributed by atoms with Crippen molar-refractivity contribution >= 4 is 0 Å². The van der Waals surface area contributed by atoms with Crippen LogP contribution in [0.3, 0.4) is 0 Å². The van der Waals surface area contributed by atoms with Gasteiger partial charge in [-0.15, -0.1) is 0 Å². The number of aryl methyl sites for hydroxylation is 1. The number of benzene rings is 1. The molecule has 3 N–H and O–H groups in total. The first-order valence-corrected chi connectivity index (χ1v) is 8.19. The van der Waals surface area contributed by atoms with Gasteiger partial charge in [0.1, 0.15) is 5.75 Å². The fourth-order valence-corrected chi connectivity index (χ4v) is 3.27. The molecule has 0 heterocycles. The number of hydrogen-bond donors (Lipinski definition) is 3. The van der Waals surface area contributed by atoms with E-state index < -0.39 is 5.60 Å². The summed E-state index contributed by atoms with van der Waals surface area (Å²) in [5.74, 6) is 1.11. The van der Waals surface area contributed by atoms with E-state index in [0.717, 1.165) is 42.7 Å². The summed E-state index contributed by atoms with van der Waals surface area (Å²) in [6.07, 6.45) is 5.23. The van der Waals surface area contributed by atoms with Gasteiger partial charge < -0.3 is 15.5 Å². The first-order chi connectivity index (χ1) is 9.93. The van der Waals surface area contributed by atoms with Crippen LogP contribution in [0.5, 0.6) is 5.75 Å². The average Bonchev–Trinajstić information content (AvgIpc) is 2.46. The zero-order chi connectivity index (χ0) is 15.5. The number of aliphatic hydroxyl groups is 1. The molecule has 118 valence electrons. The Morgan fingerprint density at radius 1 is 1.33 bits per heavy atom. The smallest absolute Gasteiger partial charge is 0.120 e. The van der Waals surface area contributed by atoms with Crippen LogP contribution in [0, 0.1) is 12.8 Å². The minimum Gasteiger partial charge on any atom is -0.508 e. The Morgan fingerprint density at radius 3 is 2.57 bits per heavy atom.